The van der Waals surface area contributed by atoms with Crippen molar-refractivity contribution in [2.24, 2.45) is 4.40 Å². The minimum absolute atomic E-state index is 0.715. The molecule has 1 aromatic carbocycles. The predicted molar refractivity (Wildman–Crippen MR) is 75.3 cm³/mol. The van der Waals surface area contributed by atoms with E-state index in [1.165, 1.54) is 0 Å². The second-order valence-corrected chi connectivity index (χ2v) is 5.45. The lowest BCUT2D eigenvalue weighted by Crippen LogP contribution is -1.88. The predicted octanol–water partition coefficient (Wildman–Crippen LogP) is 3.89. The lowest BCUT2D eigenvalue weighted by atomic mass is 10.2. The number of rotatable bonds is 7. The number of hydrogen-bond acceptors (Lipinski definition) is 1. The van der Waals surface area contributed by atoms with Gasteiger partial charge in [-0.25, -0.2) is 4.21 Å². The molecule has 0 aliphatic rings. The van der Waals surface area contributed by atoms with Gasteiger partial charge in [-0.05, 0) is 38.3 Å². The van der Waals surface area contributed by atoms with E-state index in [0.717, 1.165) is 36.1 Å². The summed E-state index contributed by atoms with van der Waals surface area (Å²) in [7, 11) is -1.26. The Bertz CT molecular complexity index is 376. The van der Waals surface area contributed by atoms with Gasteiger partial charge in [0.05, 0.1) is 4.90 Å². The first kappa shape index (κ1) is 14.4. The van der Waals surface area contributed by atoms with Crippen molar-refractivity contribution >= 4 is 28.8 Å². The van der Waals surface area contributed by atoms with Crippen LogP contribution < -0.4 is 0 Å². The number of alkyl halides is 1. The third-order valence-electron chi connectivity index (χ3n) is 2.36. The third kappa shape index (κ3) is 5.99. The molecule has 0 aliphatic carbocycles. The topological polar surface area (TPSA) is 29.4 Å². The molecule has 0 saturated carbocycles. The van der Waals surface area contributed by atoms with E-state index in [9.17, 15) is 4.21 Å². The number of unbranched alkanes of at least 4 members (excludes halogenated alkanes) is 3. The van der Waals surface area contributed by atoms with Crippen LogP contribution in [0.5, 0.6) is 0 Å². The lowest BCUT2D eigenvalue weighted by Gasteiger charge is -1.97. The van der Waals surface area contributed by atoms with Gasteiger partial charge in [-0.2, -0.15) is 4.40 Å². The second-order valence-electron chi connectivity index (χ2n) is 3.89. The van der Waals surface area contributed by atoms with E-state index in [2.05, 4.69) is 4.40 Å². The van der Waals surface area contributed by atoms with Gasteiger partial charge >= 0.3 is 0 Å². The minimum atomic E-state index is -1.26. The van der Waals surface area contributed by atoms with Gasteiger partial charge in [-0.15, -0.1) is 11.6 Å². The Hall–Kier alpha value is -0.670. The van der Waals surface area contributed by atoms with Crippen molar-refractivity contribution in [2.45, 2.75) is 37.5 Å². The first-order chi connectivity index (χ1) is 8.24. The Balaban J connectivity index is 2.33. The summed E-state index contributed by atoms with van der Waals surface area (Å²) < 4.78 is 15.8. The molecular weight excluding hydrogens is 254 g/mol. The largest absolute Gasteiger partial charge is 0.230 e. The van der Waals surface area contributed by atoms with Gasteiger partial charge in [0.15, 0.2) is 11.0 Å². The highest BCUT2D eigenvalue weighted by Crippen LogP contribution is 2.09. The van der Waals surface area contributed by atoms with Crippen LogP contribution in [0.2, 0.25) is 0 Å². The van der Waals surface area contributed by atoms with E-state index in [-0.39, 0.29) is 0 Å². The van der Waals surface area contributed by atoms with Gasteiger partial charge in [0.2, 0.25) is 0 Å². The summed E-state index contributed by atoms with van der Waals surface area (Å²) in [6.45, 7) is 2.01. The van der Waals surface area contributed by atoms with Crippen LogP contribution in [0.4, 0.5) is 0 Å². The number of benzene rings is 1. The summed E-state index contributed by atoms with van der Waals surface area (Å²) in [6.07, 6.45) is 5.82. The van der Waals surface area contributed by atoms with E-state index < -0.39 is 11.0 Å². The second kappa shape index (κ2) is 8.43. The van der Waals surface area contributed by atoms with E-state index in [0.29, 0.717) is 5.88 Å². The average Bonchev–Trinajstić information content (AvgIpc) is 2.34. The Morgan fingerprint density at radius 2 is 1.94 bits per heavy atom. The lowest BCUT2D eigenvalue weighted by molar-refractivity contribution is 0.684. The van der Waals surface area contributed by atoms with Crippen molar-refractivity contribution in [1.29, 1.82) is 0 Å². The highest BCUT2D eigenvalue weighted by molar-refractivity contribution is 7.83. The molecule has 1 unspecified atom stereocenters. The molecule has 1 rings (SSSR count). The quantitative estimate of drug-likeness (QED) is 0.420. The van der Waals surface area contributed by atoms with Gasteiger partial charge in [-0.1, -0.05) is 24.1 Å². The molecule has 2 nitrogen and oxygen atoms in total. The fourth-order valence-electron chi connectivity index (χ4n) is 1.34. The number of aryl methyl sites for hydroxylation is 1. The van der Waals surface area contributed by atoms with Crippen LogP contribution in [0, 0.1) is 6.92 Å². The normalized spacial score (nSPS) is 13.1. The van der Waals surface area contributed by atoms with Crippen LogP contribution in [0.1, 0.15) is 31.2 Å². The van der Waals surface area contributed by atoms with Crippen molar-refractivity contribution in [3.8, 4) is 0 Å². The molecule has 1 atom stereocenters. The molecule has 0 amide bonds. The summed E-state index contributed by atoms with van der Waals surface area (Å²) in [5.41, 5.74) is 1.16. The fraction of sp³-hybridized carbons (Fsp3) is 0.462. The van der Waals surface area contributed by atoms with Crippen LogP contribution in [0.15, 0.2) is 33.6 Å². The summed E-state index contributed by atoms with van der Waals surface area (Å²) in [4.78, 5) is 0.757. The molecule has 4 heteroatoms. The van der Waals surface area contributed by atoms with Crippen LogP contribution in [-0.4, -0.2) is 16.3 Å². The van der Waals surface area contributed by atoms with E-state index >= 15 is 0 Å². The van der Waals surface area contributed by atoms with Gasteiger partial charge in [0.1, 0.15) is 0 Å². The summed E-state index contributed by atoms with van der Waals surface area (Å²) in [5.74, 6) is 0.715. The van der Waals surface area contributed by atoms with Gasteiger partial charge in [-0.3, -0.25) is 0 Å². The highest BCUT2D eigenvalue weighted by atomic mass is 35.5. The van der Waals surface area contributed by atoms with Crippen molar-refractivity contribution in [3.05, 3.63) is 29.8 Å². The Morgan fingerprint density at radius 3 is 2.59 bits per heavy atom. The first-order valence-electron chi connectivity index (χ1n) is 5.81. The summed E-state index contributed by atoms with van der Waals surface area (Å²) >= 11 is 5.58. The molecule has 94 valence electrons. The molecule has 1 aromatic rings. The molecule has 0 aliphatic heterocycles. The van der Waals surface area contributed by atoms with Crippen molar-refractivity contribution in [1.82, 2.24) is 0 Å². The minimum Gasteiger partial charge on any atom is -0.230 e. The fourth-order valence-corrected chi connectivity index (χ4v) is 2.26. The maximum atomic E-state index is 11.7. The van der Waals surface area contributed by atoms with Gasteiger partial charge in [0.25, 0.3) is 0 Å². The zero-order chi connectivity index (χ0) is 12.5. The molecule has 0 N–H and O–H groups in total. The van der Waals surface area contributed by atoms with E-state index in [4.69, 9.17) is 11.6 Å². The average molecular weight is 272 g/mol. The standard InChI is InChI=1S/C13H18ClNOS/c1-12-6-8-13(9-7-12)17(16)15-11-5-3-2-4-10-14/h6-9,11H,2-5,10H2,1H3/b15-11+. The SMILES string of the molecule is Cc1ccc(S(=O)/N=C/CCCCCCl)cc1. The first-order valence-corrected chi connectivity index (χ1v) is 7.45. The molecule has 17 heavy (non-hydrogen) atoms. The maximum Gasteiger partial charge on any atom is 0.172 e. The van der Waals surface area contributed by atoms with Crippen molar-refractivity contribution < 1.29 is 4.21 Å². The van der Waals surface area contributed by atoms with Crippen LogP contribution in [-0.2, 0) is 11.0 Å². The monoisotopic (exact) mass is 271 g/mol. The van der Waals surface area contributed by atoms with Crippen molar-refractivity contribution in [2.75, 3.05) is 5.88 Å². The number of nitrogens with zero attached hydrogens (tertiary/aromatic N) is 1. The van der Waals surface area contributed by atoms with E-state index in [1.807, 2.05) is 31.2 Å². The number of halogens is 1. The van der Waals surface area contributed by atoms with Gasteiger partial charge < -0.3 is 0 Å². The molecule has 0 bridgehead atoms. The summed E-state index contributed by atoms with van der Waals surface area (Å²) in [6, 6.07) is 7.61. The highest BCUT2D eigenvalue weighted by Gasteiger charge is 1.99. The molecule has 0 fully saturated rings. The van der Waals surface area contributed by atoms with E-state index in [1.54, 1.807) is 6.21 Å². The Kier molecular flexibility index (Phi) is 7.13. The molecule has 0 radical (unpaired) electrons. The smallest absolute Gasteiger partial charge is 0.172 e. The Morgan fingerprint density at radius 1 is 1.24 bits per heavy atom. The molecule has 0 heterocycles. The molecular formula is C13H18ClNOS. The zero-order valence-corrected chi connectivity index (χ0v) is 11.6. The van der Waals surface area contributed by atoms with Gasteiger partial charge in [0, 0.05) is 12.1 Å². The zero-order valence-electron chi connectivity index (χ0n) is 10.1. The molecule has 0 saturated heterocycles. The van der Waals surface area contributed by atoms with Crippen molar-refractivity contribution in [3.63, 3.8) is 0 Å². The molecule has 0 aromatic heterocycles. The number of hydrogen-bond donors (Lipinski definition) is 0. The summed E-state index contributed by atoms with van der Waals surface area (Å²) in [5, 5.41) is 0. The van der Waals surface area contributed by atoms with Crippen LogP contribution in [0.25, 0.3) is 0 Å². The Labute approximate surface area is 111 Å². The molecule has 0 spiro atoms. The van der Waals surface area contributed by atoms with Crippen LogP contribution in [0.3, 0.4) is 0 Å². The third-order valence-corrected chi connectivity index (χ3v) is 3.64. The maximum absolute atomic E-state index is 11.7. The van der Waals surface area contributed by atoms with Crippen LogP contribution >= 0.6 is 11.6 Å².